The summed E-state index contributed by atoms with van der Waals surface area (Å²) in [5.41, 5.74) is 1.09. The Kier molecular flexibility index (Phi) is 4.46. The Labute approximate surface area is 99.8 Å². The third-order valence-electron chi connectivity index (χ3n) is 2.17. The number of ether oxygens (including phenoxy) is 2. The van der Waals surface area contributed by atoms with E-state index in [4.69, 9.17) is 9.47 Å². The predicted octanol–water partition coefficient (Wildman–Crippen LogP) is 2.12. The first-order valence-corrected chi connectivity index (χ1v) is 5.02. The maximum absolute atomic E-state index is 10.9. The summed E-state index contributed by atoms with van der Waals surface area (Å²) in [5.74, 6) is 0.787. The second-order valence-electron chi connectivity index (χ2n) is 3.41. The van der Waals surface area contributed by atoms with Crippen molar-refractivity contribution in [2.24, 2.45) is 0 Å². The Morgan fingerprint density at radius 3 is 2.41 bits per heavy atom. The highest BCUT2D eigenvalue weighted by molar-refractivity contribution is 5.92. The molecular weight excluding hydrogens is 220 g/mol. The Hall–Kier alpha value is -2.10. The van der Waals surface area contributed by atoms with Crippen molar-refractivity contribution in [2.75, 3.05) is 14.2 Å². The molecule has 0 aliphatic carbocycles. The average Bonchev–Trinajstić information content (AvgIpc) is 2.34. The number of hydrogen-bond acceptors (Lipinski definition) is 4. The molecule has 0 heterocycles. The van der Waals surface area contributed by atoms with E-state index >= 15 is 0 Å². The normalized spacial score (nSPS) is 10.3. The van der Waals surface area contributed by atoms with Gasteiger partial charge in [-0.1, -0.05) is 6.08 Å². The summed E-state index contributed by atoms with van der Waals surface area (Å²) in [7, 11) is 2.96. The van der Waals surface area contributed by atoms with Crippen molar-refractivity contribution in [2.45, 2.75) is 6.92 Å². The lowest BCUT2D eigenvalue weighted by Crippen LogP contribution is -1.96. The van der Waals surface area contributed by atoms with Gasteiger partial charge in [0, 0.05) is 0 Å². The van der Waals surface area contributed by atoms with Crippen LogP contribution in [0.4, 0.5) is 0 Å². The van der Waals surface area contributed by atoms with Crippen molar-refractivity contribution >= 4 is 18.1 Å². The van der Waals surface area contributed by atoms with Crippen LogP contribution in [0.15, 0.2) is 18.2 Å². The fraction of sp³-hybridized carbons (Fsp3) is 0.231. The minimum atomic E-state index is -0.0626. The topological polar surface area (TPSA) is 52.6 Å². The molecule has 0 saturated carbocycles. The minimum Gasteiger partial charge on any atom is -0.493 e. The van der Waals surface area contributed by atoms with Crippen LogP contribution >= 0.6 is 0 Å². The molecule has 0 spiro atoms. The second kappa shape index (κ2) is 5.84. The van der Waals surface area contributed by atoms with E-state index in [2.05, 4.69) is 0 Å². The summed E-state index contributed by atoms with van der Waals surface area (Å²) in [6, 6.07) is 3.33. The molecule has 0 bridgehead atoms. The zero-order valence-corrected chi connectivity index (χ0v) is 10.0. The molecule has 0 aliphatic heterocycles. The van der Waals surface area contributed by atoms with Crippen molar-refractivity contribution < 1.29 is 19.1 Å². The Morgan fingerprint density at radius 1 is 1.24 bits per heavy atom. The van der Waals surface area contributed by atoms with Gasteiger partial charge in [-0.05, 0) is 30.7 Å². The molecule has 0 atom stereocenters. The highest BCUT2D eigenvalue weighted by atomic mass is 16.5. The zero-order valence-electron chi connectivity index (χ0n) is 10.0. The Bertz CT molecular complexity index is 461. The Morgan fingerprint density at radius 2 is 1.94 bits per heavy atom. The van der Waals surface area contributed by atoms with Crippen LogP contribution < -0.4 is 9.47 Å². The van der Waals surface area contributed by atoms with Crippen LogP contribution in [0, 0.1) is 0 Å². The molecule has 0 N–H and O–H groups in total. The van der Waals surface area contributed by atoms with Crippen molar-refractivity contribution in [1.29, 1.82) is 0 Å². The van der Waals surface area contributed by atoms with Gasteiger partial charge in [0.05, 0.1) is 19.8 Å². The van der Waals surface area contributed by atoms with E-state index in [0.717, 1.165) is 0 Å². The number of rotatable bonds is 5. The van der Waals surface area contributed by atoms with Crippen LogP contribution in [0.5, 0.6) is 11.5 Å². The summed E-state index contributed by atoms with van der Waals surface area (Å²) in [6.07, 6.45) is 3.74. The molecule has 0 radical (unpaired) electrons. The number of aldehydes is 1. The molecule has 0 saturated heterocycles. The highest BCUT2D eigenvalue weighted by Crippen LogP contribution is 2.31. The first-order chi connectivity index (χ1) is 8.12. The van der Waals surface area contributed by atoms with Crippen LogP contribution in [0.25, 0.3) is 6.08 Å². The van der Waals surface area contributed by atoms with Crippen LogP contribution in [-0.2, 0) is 4.79 Å². The van der Waals surface area contributed by atoms with Gasteiger partial charge in [-0.3, -0.25) is 9.59 Å². The number of ketones is 1. The van der Waals surface area contributed by atoms with Gasteiger partial charge in [0.15, 0.2) is 23.6 Å². The van der Waals surface area contributed by atoms with Crippen molar-refractivity contribution in [3.63, 3.8) is 0 Å². The van der Waals surface area contributed by atoms with Gasteiger partial charge in [0.25, 0.3) is 0 Å². The molecule has 0 aliphatic rings. The molecule has 1 aromatic rings. The minimum absolute atomic E-state index is 0.0626. The summed E-state index contributed by atoms with van der Waals surface area (Å²) in [5, 5.41) is 0. The van der Waals surface area contributed by atoms with Crippen LogP contribution in [0.3, 0.4) is 0 Å². The molecule has 0 amide bonds. The summed E-state index contributed by atoms with van der Waals surface area (Å²) >= 11 is 0. The lowest BCUT2D eigenvalue weighted by atomic mass is 10.1. The fourth-order valence-corrected chi connectivity index (χ4v) is 1.41. The molecule has 90 valence electrons. The van der Waals surface area contributed by atoms with Gasteiger partial charge in [-0.2, -0.15) is 0 Å². The van der Waals surface area contributed by atoms with Gasteiger partial charge in [-0.25, -0.2) is 0 Å². The largest absolute Gasteiger partial charge is 0.493 e. The van der Waals surface area contributed by atoms with Crippen LogP contribution in [0.1, 0.15) is 22.8 Å². The maximum Gasteiger partial charge on any atom is 0.171 e. The molecular formula is C13H14O4. The number of carbonyl (C=O) groups excluding carboxylic acids is 2. The number of methoxy groups -OCH3 is 2. The highest BCUT2D eigenvalue weighted by Gasteiger charge is 2.10. The number of allylic oxidation sites excluding steroid dienone is 1. The standard InChI is InChI=1S/C13H14O4/c1-9(15)4-5-10-6-11(8-14)13(17-3)12(7-10)16-2/h4-8H,1-3H3/b5-4+. The molecule has 0 unspecified atom stereocenters. The number of benzene rings is 1. The average molecular weight is 234 g/mol. The van der Waals surface area contributed by atoms with E-state index in [-0.39, 0.29) is 5.78 Å². The Balaban J connectivity index is 3.27. The van der Waals surface area contributed by atoms with Crippen LogP contribution in [-0.4, -0.2) is 26.3 Å². The van der Waals surface area contributed by atoms with Crippen molar-refractivity contribution in [3.05, 3.63) is 29.3 Å². The monoisotopic (exact) mass is 234 g/mol. The van der Waals surface area contributed by atoms with Crippen molar-refractivity contribution in [3.8, 4) is 11.5 Å². The molecule has 4 nitrogen and oxygen atoms in total. The third kappa shape index (κ3) is 3.17. The smallest absolute Gasteiger partial charge is 0.171 e. The fourth-order valence-electron chi connectivity index (χ4n) is 1.41. The van der Waals surface area contributed by atoms with Gasteiger partial charge in [0.2, 0.25) is 0 Å². The predicted molar refractivity (Wildman–Crippen MR) is 64.6 cm³/mol. The number of carbonyl (C=O) groups is 2. The molecule has 17 heavy (non-hydrogen) atoms. The van der Waals surface area contributed by atoms with Gasteiger partial charge in [0.1, 0.15) is 0 Å². The summed E-state index contributed by atoms with van der Waals surface area (Å²) < 4.78 is 10.2. The van der Waals surface area contributed by atoms with Crippen molar-refractivity contribution in [1.82, 2.24) is 0 Å². The maximum atomic E-state index is 10.9. The first kappa shape index (κ1) is 13.0. The summed E-state index contributed by atoms with van der Waals surface area (Å²) in [4.78, 5) is 21.8. The lowest BCUT2D eigenvalue weighted by Gasteiger charge is -2.10. The second-order valence-corrected chi connectivity index (χ2v) is 3.41. The molecule has 1 rings (SSSR count). The van der Waals surface area contributed by atoms with Gasteiger partial charge in [-0.15, -0.1) is 0 Å². The first-order valence-electron chi connectivity index (χ1n) is 5.02. The molecule has 0 aromatic heterocycles. The third-order valence-corrected chi connectivity index (χ3v) is 2.17. The molecule has 1 aromatic carbocycles. The van der Waals surface area contributed by atoms with Crippen LogP contribution in [0.2, 0.25) is 0 Å². The lowest BCUT2D eigenvalue weighted by molar-refractivity contribution is -0.112. The van der Waals surface area contributed by atoms with E-state index in [0.29, 0.717) is 28.9 Å². The van der Waals surface area contributed by atoms with E-state index in [1.54, 1.807) is 18.2 Å². The van der Waals surface area contributed by atoms with E-state index in [1.165, 1.54) is 27.2 Å². The zero-order chi connectivity index (χ0) is 12.8. The van der Waals surface area contributed by atoms with E-state index in [9.17, 15) is 9.59 Å². The SMILES string of the molecule is COc1cc(/C=C/C(C)=O)cc(C=O)c1OC. The summed E-state index contributed by atoms with van der Waals surface area (Å²) in [6.45, 7) is 1.46. The van der Waals surface area contributed by atoms with Gasteiger partial charge >= 0.3 is 0 Å². The molecule has 4 heteroatoms. The molecule has 0 fully saturated rings. The van der Waals surface area contributed by atoms with E-state index < -0.39 is 0 Å². The number of hydrogen-bond donors (Lipinski definition) is 0. The quantitative estimate of drug-likeness (QED) is 0.578. The van der Waals surface area contributed by atoms with Gasteiger partial charge < -0.3 is 9.47 Å². The van der Waals surface area contributed by atoms with E-state index in [1.807, 2.05) is 0 Å².